The van der Waals surface area contributed by atoms with Gasteiger partial charge in [0, 0.05) is 11.1 Å². The summed E-state index contributed by atoms with van der Waals surface area (Å²) in [6, 6.07) is 3.94. The zero-order valence-corrected chi connectivity index (χ0v) is 11.9. The van der Waals surface area contributed by atoms with Gasteiger partial charge >= 0.3 is 0 Å². The second kappa shape index (κ2) is 5.03. The summed E-state index contributed by atoms with van der Waals surface area (Å²) in [6.45, 7) is 4.10. The molecule has 1 N–H and O–H groups in total. The van der Waals surface area contributed by atoms with Gasteiger partial charge in [0.05, 0.1) is 18.0 Å². The fourth-order valence-electron chi connectivity index (χ4n) is 2.13. The first kappa shape index (κ1) is 14.7. The zero-order chi connectivity index (χ0) is 15.1. The maximum atomic E-state index is 12.2. The Bertz CT molecular complexity index is 567. The minimum Gasteiger partial charge on any atom is -0.386 e. The van der Waals surface area contributed by atoms with Crippen LogP contribution in [0.2, 0.25) is 5.02 Å². The molecule has 1 saturated heterocycles. The van der Waals surface area contributed by atoms with Crippen molar-refractivity contribution in [3.8, 4) is 0 Å². The van der Waals surface area contributed by atoms with Crippen LogP contribution in [0.15, 0.2) is 18.2 Å². The van der Waals surface area contributed by atoms with Crippen molar-refractivity contribution < 1.29 is 14.8 Å². The average Bonchev–Trinajstić information content (AvgIpc) is 2.33. The van der Waals surface area contributed by atoms with Crippen LogP contribution < -0.4 is 0 Å². The van der Waals surface area contributed by atoms with Gasteiger partial charge in [-0.25, -0.2) is 0 Å². The highest BCUT2D eigenvalue weighted by atomic mass is 35.5. The van der Waals surface area contributed by atoms with E-state index in [2.05, 4.69) is 0 Å². The van der Waals surface area contributed by atoms with Crippen LogP contribution in [0.5, 0.6) is 0 Å². The molecule has 1 aromatic carbocycles. The van der Waals surface area contributed by atoms with Crippen molar-refractivity contribution in [3.63, 3.8) is 0 Å². The van der Waals surface area contributed by atoms with E-state index >= 15 is 0 Å². The van der Waals surface area contributed by atoms with Crippen LogP contribution in [-0.4, -0.2) is 39.5 Å². The molecule has 0 spiro atoms. The summed E-state index contributed by atoms with van der Waals surface area (Å²) in [5.74, 6) is -0.439. The van der Waals surface area contributed by atoms with Crippen molar-refractivity contribution in [2.24, 2.45) is 5.92 Å². The van der Waals surface area contributed by atoms with Crippen molar-refractivity contribution in [2.75, 3.05) is 13.1 Å². The molecule has 1 aliphatic rings. The molecule has 7 heteroatoms. The van der Waals surface area contributed by atoms with Gasteiger partial charge in [-0.15, -0.1) is 0 Å². The number of nitrogens with zero attached hydrogens (tertiary/aromatic N) is 2. The number of benzene rings is 1. The summed E-state index contributed by atoms with van der Waals surface area (Å²) in [5.41, 5.74) is -1.23. The van der Waals surface area contributed by atoms with E-state index in [1.54, 1.807) is 0 Å². The maximum absolute atomic E-state index is 12.2. The van der Waals surface area contributed by atoms with E-state index in [9.17, 15) is 20.0 Å². The standard InChI is InChI=1S/C13H15ClN2O4/c1-8(2)13(18)6-15(7-13)12(17)10-4-3-9(14)5-11(10)16(19)20/h3-5,8,18H,6-7H2,1-2H3. The SMILES string of the molecule is CC(C)C1(O)CN(C(=O)c2ccc(Cl)cc2[N+](=O)[O-])C1. The lowest BCUT2D eigenvalue weighted by atomic mass is 9.82. The summed E-state index contributed by atoms with van der Waals surface area (Å²) < 4.78 is 0. The fraction of sp³-hybridized carbons (Fsp3) is 0.462. The van der Waals surface area contributed by atoms with E-state index in [0.29, 0.717) is 0 Å². The lowest BCUT2D eigenvalue weighted by Gasteiger charge is -2.48. The molecule has 0 radical (unpaired) electrons. The van der Waals surface area contributed by atoms with E-state index in [1.807, 2.05) is 13.8 Å². The van der Waals surface area contributed by atoms with Gasteiger partial charge in [-0.05, 0) is 18.1 Å². The highest BCUT2D eigenvalue weighted by molar-refractivity contribution is 6.31. The van der Waals surface area contributed by atoms with Gasteiger partial charge < -0.3 is 10.0 Å². The summed E-state index contributed by atoms with van der Waals surface area (Å²) in [5, 5.41) is 21.3. The lowest BCUT2D eigenvalue weighted by Crippen LogP contribution is -2.66. The molecule has 0 bridgehead atoms. The number of hydrogen-bond acceptors (Lipinski definition) is 4. The number of carbonyl (C=O) groups excluding carboxylic acids is 1. The number of rotatable bonds is 3. The van der Waals surface area contributed by atoms with Gasteiger partial charge in [-0.1, -0.05) is 25.4 Å². The van der Waals surface area contributed by atoms with Crippen molar-refractivity contribution in [1.29, 1.82) is 0 Å². The van der Waals surface area contributed by atoms with Gasteiger partial charge in [0.15, 0.2) is 0 Å². The normalized spacial score (nSPS) is 16.9. The van der Waals surface area contributed by atoms with E-state index in [4.69, 9.17) is 11.6 Å². The predicted molar refractivity (Wildman–Crippen MR) is 73.8 cm³/mol. The van der Waals surface area contributed by atoms with Crippen LogP contribution in [0, 0.1) is 16.0 Å². The average molecular weight is 299 g/mol. The van der Waals surface area contributed by atoms with E-state index < -0.39 is 16.4 Å². The third-order valence-electron chi connectivity index (χ3n) is 3.68. The van der Waals surface area contributed by atoms with Crippen LogP contribution in [-0.2, 0) is 0 Å². The largest absolute Gasteiger partial charge is 0.386 e. The third-order valence-corrected chi connectivity index (χ3v) is 3.91. The number of nitro benzene ring substituents is 1. The Morgan fingerprint density at radius 1 is 1.50 bits per heavy atom. The number of carbonyl (C=O) groups is 1. The molecule has 0 aliphatic carbocycles. The molecule has 1 heterocycles. The third kappa shape index (κ3) is 2.48. The molecule has 108 valence electrons. The second-order valence-corrected chi connectivity index (χ2v) is 5.77. The molecule has 0 saturated carbocycles. The Labute approximate surface area is 121 Å². The first-order valence-electron chi connectivity index (χ1n) is 6.20. The highest BCUT2D eigenvalue weighted by Crippen LogP contribution is 2.32. The Kier molecular flexibility index (Phi) is 3.71. The molecule has 1 aliphatic heterocycles. The van der Waals surface area contributed by atoms with Crippen LogP contribution in [0.4, 0.5) is 5.69 Å². The Hall–Kier alpha value is -1.66. The summed E-state index contributed by atoms with van der Waals surface area (Å²) in [4.78, 5) is 24.0. The minimum atomic E-state index is -0.906. The van der Waals surface area contributed by atoms with E-state index in [-0.39, 0.29) is 35.3 Å². The van der Waals surface area contributed by atoms with Crippen LogP contribution in [0.25, 0.3) is 0 Å². The fourth-order valence-corrected chi connectivity index (χ4v) is 2.30. The number of β-amino-alcohol motifs (C(OH)–C–C–N with tert-alkyl or cyclic N) is 1. The molecule has 0 unspecified atom stereocenters. The summed E-state index contributed by atoms with van der Waals surface area (Å²) in [6.07, 6.45) is 0. The number of aliphatic hydroxyl groups is 1. The van der Waals surface area contributed by atoms with Crippen molar-refractivity contribution in [2.45, 2.75) is 19.4 Å². The molecule has 1 aromatic rings. The molecule has 2 rings (SSSR count). The first-order valence-corrected chi connectivity index (χ1v) is 6.58. The number of hydrogen-bond donors (Lipinski definition) is 1. The molecule has 0 atom stereocenters. The van der Waals surface area contributed by atoms with Crippen LogP contribution >= 0.6 is 11.6 Å². The van der Waals surface area contributed by atoms with Gasteiger partial charge in [0.1, 0.15) is 11.2 Å². The second-order valence-electron chi connectivity index (χ2n) is 5.34. The van der Waals surface area contributed by atoms with Crippen molar-refractivity contribution in [1.82, 2.24) is 4.90 Å². The van der Waals surface area contributed by atoms with Gasteiger partial charge in [0.25, 0.3) is 11.6 Å². The smallest absolute Gasteiger partial charge is 0.283 e. The highest BCUT2D eigenvalue weighted by Gasteiger charge is 2.46. The van der Waals surface area contributed by atoms with Gasteiger partial charge in [-0.2, -0.15) is 0 Å². The molecule has 1 fully saturated rings. The maximum Gasteiger partial charge on any atom is 0.283 e. The number of likely N-dealkylation sites (tertiary alicyclic amines) is 1. The molecule has 1 amide bonds. The number of amides is 1. The summed E-state index contributed by atoms with van der Waals surface area (Å²) in [7, 11) is 0. The molecule has 20 heavy (non-hydrogen) atoms. The topological polar surface area (TPSA) is 83.7 Å². The molecular weight excluding hydrogens is 284 g/mol. The lowest BCUT2D eigenvalue weighted by molar-refractivity contribution is -0.385. The number of halogens is 1. The Morgan fingerprint density at radius 3 is 2.60 bits per heavy atom. The predicted octanol–water partition coefficient (Wildman–Crippen LogP) is 2.09. The number of nitro groups is 1. The minimum absolute atomic E-state index is 0.00907. The van der Waals surface area contributed by atoms with Crippen LogP contribution in [0.1, 0.15) is 24.2 Å². The van der Waals surface area contributed by atoms with Crippen molar-refractivity contribution in [3.05, 3.63) is 38.9 Å². The van der Waals surface area contributed by atoms with Gasteiger partial charge in [0.2, 0.25) is 0 Å². The van der Waals surface area contributed by atoms with E-state index in [0.717, 1.165) is 6.07 Å². The van der Waals surface area contributed by atoms with Gasteiger partial charge in [-0.3, -0.25) is 14.9 Å². The summed E-state index contributed by atoms with van der Waals surface area (Å²) >= 11 is 5.71. The van der Waals surface area contributed by atoms with Crippen LogP contribution in [0.3, 0.4) is 0 Å². The van der Waals surface area contributed by atoms with Crippen molar-refractivity contribution >= 4 is 23.2 Å². The Balaban J connectivity index is 2.22. The van der Waals surface area contributed by atoms with E-state index in [1.165, 1.54) is 17.0 Å². The quantitative estimate of drug-likeness (QED) is 0.684. The molecule has 6 nitrogen and oxygen atoms in total. The zero-order valence-electron chi connectivity index (χ0n) is 11.2. The first-order chi connectivity index (χ1) is 9.24. The molecular formula is C13H15ClN2O4. The monoisotopic (exact) mass is 298 g/mol. The Morgan fingerprint density at radius 2 is 2.10 bits per heavy atom. The molecule has 0 aromatic heterocycles.